The lowest BCUT2D eigenvalue weighted by atomic mass is 9.87. The summed E-state index contributed by atoms with van der Waals surface area (Å²) in [5.41, 5.74) is 0. The molecule has 0 spiro atoms. The molecule has 1 rings (SSSR count). The van der Waals surface area contributed by atoms with E-state index < -0.39 is 0 Å². The van der Waals surface area contributed by atoms with Crippen molar-refractivity contribution in [2.45, 2.75) is 78.2 Å². The van der Waals surface area contributed by atoms with Crippen LogP contribution in [0.25, 0.3) is 0 Å². The van der Waals surface area contributed by atoms with Crippen molar-refractivity contribution in [3.8, 4) is 0 Å². The lowest BCUT2D eigenvalue weighted by molar-refractivity contribution is 0.306. The van der Waals surface area contributed by atoms with Crippen molar-refractivity contribution in [2.75, 3.05) is 6.54 Å². The summed E-state index contributed by atoms with van der Waals surface area (Å²) >= 11 is 0. The van der Waals surface area contributed by atoms with E-state index in [-0.39, 0.29) is 0 Å². The SMILES string of the molecule is CCC(CC)C(C)NCCC1CCCCC1. The molecule has 1 aliphatic rings. The Kier molecular flexibility index (Phi) is 7.11. The van der Waals surface area contributed by atoms with Gasteiger partial charge in [0.15, 0.2) is 0 Å². The van der Waals surface area contributed by atoms with Gasteiger partial charge >= 0.3 is 0 Å². The van der Waals surface area contributed by atoms with Gasteiger partial charge in [-0.3, -0.25) is 0 Å². The van der Waals surface area contributed by atoms with Crippen LogP contribution >= 0.6 is 0 Å². The number of nitrogens with one attached hydrogen (secondary N) is 1. The lowest BCUT2D eigenvalue weighted by Crippen LogP contribution is -2.34. The molecule has 0 saturated heterocycles. The summed E-state index contributed by atoms with van der Waals surface area (Å²) < 4.78 is 0. The minimum Gasteiger partial charge on any atom is -0.314 e. The highest BCUT2D eigenvalue weighted by atomic mass is 14.9. The number of hydrogen-bond donors (Lipinski definition) is 1. The third-order valence-electron chi connectivity index (χ3n) is 4.50. The monoisotopic (exact) mass is 225 g/mol. The van der Waals surface area contributed by atoms with E-state index in [0.29, 0.717) is 6.04 Å². The molecule has 1 heteroatoms. The van der Waals surface area contributed by atoms with Gasteiger partial charge in [-0.25, -0.2) is 0 Å². The first-order valence-electron chi connectivity index (χ1n) is 7.51. The Labute approximate surface area is 102 Å². The average molecular weight is 225 g/mol. The smallest absolute Gasteiger partial charge is 0.00667 e. The maximum atomic E-state index is 3.73. The molecule has 0 aliphatic heterocycles. The predicted octanol–water partition coefficient (Wildman–Crippen LogP) is 4.37. The molecule has 0 heterocycles. The van der Waals surface area contributed by atoms with Crippen molar-refractivity contribution >= 4 is 0 Å². The van der Waals surface area contributed by atoms with Crippen molar-refractivity contribution in [3.05, 3.63) is 0 Å². The van der Waals surface area contributed by atoms with Gasteiger partial charge in [0, 0.05) is 6.04 Å². The first-order valence-corrected chi connectivity index (χ1v) is 7.51. The van der Waals surface area contributed by atoms with E-state index in [1.54, 1.807) is 0 Å². The van der Waals surface area contributed by atoms with Gasteiger partial charge in [-0.2, -0.15) is 0 Å². The fourth-order valence-electron chi connectivity index (χ4n) is 3.15. The van der Waals surface area contributed by atoms with Crippen LogP contribution in [0.2, 0.25) is 0 Å². The van der Waals surface area contributed by atoms with Gasteiger partial charge in [-0.05, 0) is 31.7 Å². The van der Waals surface area contributed by atoms with Gasteiger partial charge in [-0.15, -0.1) is 0 Å². The first kappa shape index (κ1) is 14.0. The van der Waals surface area contributed by atoms with Gasteiger partial charge in [0.05, 0.1) is 0 Å². The summed E-state index contributed by atoms with van der Waals surface area (Å²) in [6.45, 7) is 8.22. The highest BCUT2D eigenvalue weighted by Gasteiger charge is 2.15. The van der Waals surface area contributed by atoms with Crippen molar-refractivity contribution in [3.63, 3.8) is 0 Å². The molecule has 0 aromatic carbocycles. The Hall–Kier alpha value is -0.0400. The van der Waals surface area contributed by atoms with Gasteiger partial charge in [-0.1, -0.05) is 58.8 Å². The van der Waals surface area contributed by atoms with Crippen LogP contribution < -0.4 is 5.32 Å². The molecule has 1 unspecified atom stereocenters. The molecule has 1 N–H and O–H groups in total. The Balaban J connectivity index is 2.09. The van der Waals surface area contributed by atoms with Crippen LogP contribution in [-0.4, -0.2) is 12.6 Å². The van der Waals surface area contributed by atoms with E-state index >= 15 is 0 Å². The largest absolute Gasteiger partial charge is 0.314 e. The molecule has 1 fully saturated rings. The summed E-state index contributed by atoms with van der Waals surface area (Å²) in [6, 6.07) is 0.707. The van der Waals surface area contributed by atoms with Crippen LogP contribution in [0.1, 0.15) is 72.1 Å². The number of rotatable bonds is 7. The van der Waals surface area contributed by atoms with Gasteiger partial charge in [0.2, 0.25) is 0 Å². The summed E-state index contributed by atoms with van der Waals surface area (Å²) in [7, 11) is 0. The standard InChI is InChI=1S/C15H31N/c1-4-15(5-2)13(3)16-12-11-14-9-7-6-8-10-14/h13-16H,4-12H2,1-3H3. The first-order chi connectivity index (χ1) is 7.77. The molecular weight excluding hydrogens is 194 g/mol. The average Bonchev–Trinajstić information content (AvgIpc) is 2.32. The van der Waals surface area contributed by atoms with Gasteiger partial charge in [0.25, 0.3) is 0 Å². The minimum absolute atomic E-state index is 0.707. The Morgan fingerprint density at radius 3 is 2.25 bits per heavy atom. The summed E-state index contributed by atoms with van der Waals surface area (Å²) in [6.07, 6.45) is 11.4. The molecule has 1 nitrogen and oxygen atoms in total. The molecule has 0 amide bonds. The summed E-state index contributed by atoms with van der Waals surface area (Å²) in [5, 5.41) is 3.73. The van der Waals surface area contributed by atoms with Crippen LogP contribution in [-0.2, 0) is 0 Å². The zero-order valence-electron chi connectivity index (χ0n) is 11.6. The van der Waals surface area contributed by atoms with E-state index in [4.69, 9.17) is 0 Å². The molecule has 1 saturated carbocycles. The second kappa shape index (κ2) is 8.11. The zero-order chi connectivity index (χ0) is 11.8. The highest BCUT2D eigenvalue weighted by Crippen LogP contribution is 2.25. The molecule has 0 aromatic rings. The highest BCUT2D eigenvalue weighted by molar-refractivity contribution is 4.72. The van der Waals surface area contributed by atoms with Crippen LogP contribution in [0.15, 0.2) is 0 Å². The predicted molar refractivity (Wildman–Crippen MR) is 72.7 cm³/mol. The lowest BCUT2D eigenvalue weighted by Gasteiger charge is -2.25. The summed E-state index contributed by atoms with van der Waals surface area (Å²) in [4.78, 5) is 0. The van der Waals surface area contributed by atoms with Crippen LogP contribution in [0, 0.1) is 11.8 Å². The maximum Gasteiger partial charge on any atom is 0.00667 e. The van der Waals surface area contributed by atoms with E-state index in [0.717, 1.165) is 11.8 Å². The van der Waals surface area contributed by atoms with Gasteiger partial charge in [0.1, 0.15) is 0 Å². The molecule has 1 atom stereocenters. The van der Waals surface area contributed by atoms with Crippen molar-refractivity contribution in [1.29, 1.82) is 0 Å². The fraction of sp³-hybridized carbons (Fsp3) is 1.00. The van der Waals surface area contributed by atoms with E-state index in [1.807, 2.05) is 0 Å². The quantitative estimate of drug-likeness (QED) is 0.678. The Morgan fingerprint density at radius 1 is 1.06 bits per heavy atom. The topological polar surface area (TPSA) is 12.0 Å². The molecule has 96 valence electrons. The molecule has 0 aromatic heterocycles. The zero-order valence-corrected chi connectivity index (χ0v) is 11.6. The fourth-order valence-corrected chi connectivity index (χ4v) is 3.15. The molecule has 0 bridgehead atoms. The third kappa shape index (κ3) is 4.86. The van der Waals surface area contributed by atoms with Crippen molar-refractivity contribution in [2.24, 2.45) is 11.8 Å². The molecule has 16 heavy (non-hydrogen) atoms. The van der Waals surface area contributed by atoms with E-state index in [2.05, 4.69) is 26.1 Å². The third-order valence-corrected chi connectivity index (χ3v) is 4.50. The van der Waals surface area contributed by atoms with Crippen molar-refractivity contribution in [1.82, 2.24) is 5.32 Å². The van der Waals surface area contributed by atoms with E-state index in [9.17, 15) is 0 Å². The van der Waals surface area contributed by atoms with Crippen LogP contribution in [0.5, 0.6) is 0 Å². The van der Waals surface area contributed by atoms with Crippen LogP contribution in [0.4, 0.5) is 0 Å². The van der Waals surface area contributed by atoms with Gasteiger partial charge < -0.3 is 5.32 Å². The van der Waals surface area contributed by atoms with Crippen LogP contribution in [0.3, 0.4) is 0 Å². The second-order valence-electron chi connectivity index (χ2n) is 5.61. The van der Waals surface area contributed by atoms with E-state index in [1.165, 1.54) is 57.9 Å². The van der Waals surface area contributed by atoms with Crippen molar-refractivity contribution < 1.29 is 0 Å². The minimum atomic E-state index is 0.707. The maximum absolute atomic E-state index is 3.73. The number of hydrogen-bond acceptors (Lipinski definition) is 1. The molecular formula is C15H31N. The Morgan fingerprint density at radius 2 is 1.69 bits per heavy atom. The normalized spacial score (nSPS) is 20.2. The summed E-state index contributed by atoms with van der Waals surface area (Å²) in [5.74, 6) is 1.89. The molecule has 0 radical (unpaired) electrons. The molecule has 1 aliphatic carbocycles. The Bertz CT molecular complexity index is 157. The second-order valence-corrected chi connectivity index (χ2v) is 5.61.